The molecule has 35 heavy (non-hydrogen) atoms. The van der Waals surface area contributed by atoms with Crippen molar-refractivity contribution in [1.29, 1.82) is 0 Å². The number of carbonyl (C=O) groups excluding carboxylic acids is 1. The smallest absolute Gasteiger partial charge is 0.385 e. The van der Waals surface area contributed by atoms with Gasteiger partial charge in [0.2, 0.25) is 0 Å². The lowest BCUT2D eigenvalue weighted by Gasteiger charge is -2.40. The largest absolute Gasteiger partial charge is 0.552 e. The molecule has 0 bridgehead atoms. The van der Waals surface area contributed by atoms with Gasteiger partial charge in [-0.3, -0.25) is 5.32 Å². The van der Waals surface area contributed by atoms with Crippen molar-refractivity contribution in [2.75, 3.05) is 69.1 Å². The minimum absolute atomic E-state index is 0.258. The maximum atomic E-state index is 13.2. The molecule has 13 nitrogen and oxygen atoms in total. The lowest BCUT2D eigenvalue weighted by molar-refractivity contribution is -0.271. The van der Waals surface area contributed by atoms with E-state index < -0.39 is 41.5 Å². The molecule has 0 aromatic heterocycles. The first-order chi connectivity index (χ1) is 16.7. The van der Waals surface area contributed by atoms with E-state index in [1.54, 1.807) is 34.8 Å². The molecule has 0 aromatic rings. The molecular formula is C20H46N2O11Si2. The Morgan fingerprint density at radius 3 is 1.77 bits per heavy atom. The van der Waals surface area contributed by atoms with Gasteiger partial charge in [-0.15, -0.1) is 0 Å². The fourth-order valence-corrected chi connectivity index (χ4v) is 8.50. The van der Waals surface area contributed by atoms with Crippen molar-refractivity contribution in [1.82, 2.24) is 10.6 Å². The number of amides is 2. The average molecular weight is 547 g/mol. The van der Waals surface area contributed by atoms with E-state index in [-0.39, 0.29) is 19.8 Å². The average Bonchev–Trinajstić information content (AvgIpc) is 2.86. The fourth-order valence-electron chi connectivity index (χ4n) is 3.29. The van der Waals surface area contributed by atoms with Crippen molar-refractivity contribution >= 4 is 23.6 Å². The van der Waals surface area contributed by atoms with E-state index >= 15 is 0 Å². The van der Waals surface area contributed by atoms with E-state index in [2.05, 4.69) is 10.6 Å². The summed E-state index contributed by atoms with van der Waals surface area (Å²) in [5, 5.41) is 5.43. The number of carbonyl (C=O) groups is 1. The predicted octanol–water partition coefficient (Wildman–Crippen LogP) is 1.47. The second kappa shape index (κ2) is 17.7. The second-order valence-corrected chi connectivity index (χ2v) is 12.7. The van der Waals surface area contributed by atoms with Crippen LogP contribution in [-0.4, -0.2) is 111 Å². The highest BCUT2D eigenvalue weighted by atomic mass is 28.4. The molecule has 2 atom stereocenters. The molecule has 15 heteroatoms. The zero-order chi connectivity index (χ0) is 27.0. The number of rotatable bonds is 21. The molecule has 2 amide bonds. The van der Waals surface area contributed by atoms with Gasteiger partial charge in [0.15, 0.2) is 5.85 Å². The highest BCUT2D eigenvalue weighted by Gasteiger charge is 2.57. The Morgan fingerprint density at radius 2 is 1.40 bits per heavy atom. The van der Waals surface area contributed by atoms with Gasteiger partial charge in [0.05, 0.1) is 0 Å². The standard InChI is InChI=1S/C20H46N2O11Si2/c1-11-30-35(31-12-2,32-13-3)19(33-34(28-9,29-10)16-14-15-24-5)21-18(23)22-20(26-7,27-8)17(4)25-6/h17,19H,11-16H2,1-10H3,(H2,21,22,23). The molecule has 210 valence electrons. The number of ether oxygens (including phenoxy) is 4. The number of hydrogen-bond acceptors (Lipinski definition) is 11. The van der Waals surface area contributed by atoms with E-state index in [4.69, 9.17) is 45.5 Å². The van der Waals surface area contributed by atoms with Gasteiger partial charge in [0.1, 0.15) is 6.10 Å². The Hall–Kier alpha value is -0.696. The Bertz CT molecular complexity index is 552. The summed E-state index contributed by atoms with van der Waals surface area (Å²) in [6.45, 7) is 8.34. The maximum Gasteiger partial charge on any atom is 0.552 e. The molecule has 0 rings (SSSR count). The molecule has 0 aliphatic heterocycles. The molecule has 0 heterocycles. The zero-order valence-corrected chi connectivity index (χ0v) is 24.9. The van der Waals surface area contributed by atoms with Gasteiger partial charge in [-0.1, -0.05) is 0 Å². The van der Waals surface area contributed by atoms with Gasteiger partial charge in [0.25, 0.3) is 5.91 Å². The summed E-state index contributed by atoms with van der Waals surface area (Å²) in [7, 11) is 1.83. The first-order valence-electron chi connectivity index (χ1n) is 11.6. The fraction of sp³-hybridized carbons (Fsp3) is 0.950. The number of nitrogens with one attached hydrogen (secondary N) is 2. The topological polar surface area (TPSA) is 133 Å². The summed E-state index contributed by atoms with van der Waals surface area (Å²) < 4.78 is 57.2. The van der Waals surface area contributed by atoms with E-state index in [0.29, 0.717) is 19.1 Å². The van der Waals surface area contributed by atoms with Crippen molar-refractivity contribution < 1.29 is 50.3 Å². The van der Waals surface area contributed by atoms with Crippen LogP contribution < -0.4 is 10.6 Å². The lowest BCUT2D eigenvalue weighted by atomic mass is 10.3. The molecule has 2 unspecified atom stereocenters. The van der Waals surface area contributed by atoms with E-state index in [9.17, 15) is 4.79 Å². The summed E-state index contributed by atoms with van der Waals surface area (Å²) in [6, 6.07) is -0.283. The third-order valence-electron chi connectivity index (χ3n) is 5.15. The molecular weight excluding hydrogens is 500 g/mol. The maximum absolute atomic E-state index is 13.2. The molecule has 0 aliphatic rings. The van der Waals surface area contributed by atoms with E-state index in [1.807, 2.05) is 0 Å². The molecule has 0 aliphatic carbocycles. The molecule has 0 aromatic carbocycles. The highest BCUT2D eigenvalue weighted by molar-refractivity contribution is 6.66. The van der Waals surface area contributed by atoms with E-state index in [0.717, 1.165) is 0 Å². The zero-order valence-electron chi connectivity index (χ0n) is 22.9. The quantitative estimate of drug-likeness (QED) is 0.123. The molecule has 0 radical (unpaired) electrons. The number of urea groups is 1. The van der Waals surface area contributed by atoms with Crippen molar-refractivity contribution in [2.45, 2.75) is 58.0 Å². The van der Waals surface area contributed by atoms with Crippen LogP contribution in [0.15, 0.2) is 0 Å². The predicted molar refractivity (Wildman–Crippen MR) is 131 cm³/mol. The molecule has 0 saturated heterocycles. The summed E-state index contributed by atoms with van der Waals surface area (Å²) in [6.07, 6.45) is -0.0480. The van der Waals surface area contributed by atoms with Gasteiger partial charge in [-0.25, -0.2) is 4.79 Å². The van der Waals surface area contributed by atoms with Crippen molar-refractivity contribution in [3.8, 4) is 0 Å². The first kappa shape index (κ1) is 34.3. The summed E-state index contributed by atoms with van der Waals surface area (Å²) >= 11 is 0. The van der Waals surface area contributed by atoms with Crippen LogP contribution in [0.5, 0.6) is 0 Å². The Labute approximate surface area is 212 Å². The SMILES string of the molecule is CCO[Si](OCC)(OCC)C(NC(=O)NC(OC)(OC)C(C)OC)O[Si](CCCOC)(OC)OC. The van der Waals surface area contributed by atoms with Crippen LogP contribution in [0.1, 0.15) is 34.1 Å². The second-order valence-electron chi connectivity index (χ2n) is 7.14. The van der Waals surface area contributed by atoms with Gasteiger partial charge in [-0.2, -0.15) is 0 Å². The Balaban J connectivity index is 6.29. The minimum atomic E-state index is -3.67. The van der Waals surface area contributed by atoms with Crippen LogP contribution in [-0.2, 0) is 45.5 Å². The van der Waals surface area contributed by atoms with Crippen LogP contribution in [0.4, 0.5) is 4.79 Å². The number of hydrogen-bond donors (Lipinski definition) is 2. The summed E-state index contributed by atoms with van der Waals surface area (Å²) in [5.41, 5.74) is 0. The molecule has 0 fully saturated rings. The minimum Gasteiger partial charge on any atom is -0.385 e. The normalized spacial score (nSPS) is 14.6. The van der Waals surface area contributed by atoms with Gasteiger partial charge in [-0.05, 0) is 34.1 Å². The van der Waals surface area contributed by atoms with Crippen LogP contribution in [0.2, 0.25) is 6.04 Å². The third-order valence-corrected chi connectivity index (χ3v) is 11.2. The monoisotopic (exact) mass is 546 g/mol. The van der Waals surface area contributed by atoms with Crippen molar-refractivity contribution in [2.24, 2.45) is 0 Å². The first-order valence-corrected chi connectivity index (χ1v) is 15.3. The summed E-state index contributed by atoms with van der Waals surface area (Å²) in [4.78, 5) is 13.2. The Kier molecular flexibility index (Phi) is 17.4. The highest BCUT2D eigenvalue weighted by Crippen LogP contribution is 2.25. The van der Waals surface area contributed by atoms with Crippen LogP contribution in [0, 0.1) is 0 Å². The van der Waals surface area contributed by atoms with Crippen LogP contribution in [0.3, 0.4) is 0 Å². The van der Waals surface area contributed by atoms with Gasteiger partial charge < -0.3 is 50.8 Å². The van der Waals surface area contributed by atoms with E-state index in [1.165, 1.54) is 35.5 Å². The molecule has 0 saturated carbocycles. The van der Waals surface area contributed by atoms with Crippen LogP contribution in [0.25, 0.3) is 0 Å². The van der Waals surface area contributed by atoms with Crippen molar-refractivity contribution in [3.63, 3.8) is 0 Å². The number of methoxy groups -OCH3 is 4. The van der Waals surface area contributed by atoms with Gasteiger partial charge in [0, 0.05) is 75.1 Å². The Morgan fingerprint density at radius 1 is 0.886 bits per heavy atom. The van der Waals surface area contributed by atoms with Crippen LogP contribution >= 0.6 is 0 Å². The molecule has 2 N–H and O–H groups in total. The summed E-state index contributed by atoms with van der Waals surface area (Å²) in [5.74, 6) is -2.76. The van der Waals surface area contributed by atoms with Crippen molar-refractivity contribution in [3.05, 3.63) is 0 Å². The molecule has 0 spiro atoms. The third kappa shape index (κ3) is 9.94. The van der Waals surface area contributed by atoms with Gasteiger partial charge >= 0.3 is 23.6 Å². The lowest BCUT2D eigenvalue weighted by Crippen LogP contribution is -2.70.